The van der Waals surface area contributed by atoms with Crippen molar-refractivity contribution in [1.29, 1.82) is 0 Å². The lowest BCUT2D eigenvalue weighted by molar-refractivity contribution is 0.117. The van der Waals surface area contributed by atoms with Gasteiger partial charge in [-0.05, 0) is 57.7 Å². The smallest absolute Gasteiger partial charge is 0.144 e. The van der Waals surface area contributed by atoms with Gasteiger partial charge in [-0.1, -0.05) is 12.1 Å². The average molecular weight is 325 g/mol. The second-order valence-corrected chi connectivity index (χ2v) is 7.98. The molecule has 0 bridgehead atoms. The van der Waals surface area contributed by atoms with Crippen LogP contribution in [-0.4, -0.2) is 28.9 Å². The second-order valence-electron chi connectivity index (χ2n) is 6.05. The number of ether oxygens (including phenoxy) is 2. The standard InChI is InChI=1S/C17H27NO3S/c1-17(2,3)22(19)18-12-6-5-7-13-21-14-15-8-10-16(20-4)11-9-15/h8-12H,5-7,13-14H2,1-4H3/b18-12+/t22-/m0/s1. The highest BCUT2D eigenvalue weighted by Crippen LogP contribution is 2.13. The third kappa shape index (κ3) is 7.71. The van der Waals surface area contributed by atoms with Crippen LogP contribution >= 0.6 is 0 Å². The van der Waals surface area contributed by atoms with E-state index in [4.69, 9.17) is 9.47 Å². The van der Waals surface area contributed by atoms with Crippen molar-refractivity contribution in [3.05, 3.63) is 29.8 Å². The fraction of sp³-hybridized carbons (Fsp3) is 0.588. The van der Waals surface area contributed by atoms with Gasteiger partial charge in [0.25, 0.3) is 0 Å². The van der Waals surface area contributed by atoms with Gasteiger partial charge in [-0.25, -0.2) is 4.21 Å². The molecule has 1 atom stereocenters. The number of nitrogens with zero attached hydrogens (tertiary/aromatic N) is 1. The van der Waals surface area contributed by atoms with Crippen LogP contribution in [0.3, 0.4) is 0 Å². The molecule has 4 nitrogen and oxygen atoms in total. The predicted octanol–water partition coefficient (Wildman–Crippen LogP) is 3.92. The Bertz CT molecular complexity index is 478. The largest absolute Gasteiger partial charge is 0.497 e. The summed E-state index contributed by atoms with van der Waals surface area (Å²) >= 11 is 0. The molecule has 5 heteroatoms. The Morgan fingerprint density at radius 2 is 1.86 bits per heavy atom. The molecule has 0 saturated heterocycles. The van der Waals surface area contributed by atoms with Gasteiger partial charge in [0.2, 0.25) is 0 Å². The van der Waals surface area contributed by atoms with Gasteiger partial charge in [0.15, 0.2) is 0 Å². The summed E-state index contributed by atoms with van der Waals surface area (Å²) in [6.07, 6.45) is 4.58. The molecule has 0 aliphatic rings. The summed E-state index contributed by atoms with van der Waals surface area (Å²) in [7, 11) is 0.513. The lowest BCUT2D eigenvalue weighted by atomic mass is 10.2. The third-order valence-electron chi connectivity index (χ3n) is 2.99. The number of rotatable bonds is 9. The van der Waals surface area contributed by atoms with Gasteiger partial charge in [0.1, 0.15) is 16.7 Å². The van der Waals surface area contributed by atoms with E-state index in [2.05, 4.69) is 4.40 Å². The molecular formula is C17H27NO3S. The number of benzene rings is 1. The van der Waals surface area contributed by atoms with Crippen LogP contribution in [0.1, 0.15) is 45.6 Å². The molecule has 1 rings (SSSR count). The molecule has 1 aromatic carbocycles. The fourth-order valence-corrected chi connectivity index (χ4v) is 2.19. The highest BCUT2D eigenvalue weighted by Gasteiger charge is 2.17. The lowest BCUT2D eigenvalue weighted by Gasteiger charge is -2.12. The number of methoxy groups -OCH3 is 1. The first kappa shape index (κ1) is 18.8. The minimum Gasteiger partial charge on any atom is -0.497 e. The topological polar surface area (TPSA) is 47.9 Å². The maximum atomic E-state index is 11.7. The van der Waals surface area contributed by atoms with Crippen LogP contribution in [0, 0.1) is 0 Å². The molecule has 124 valence electrons. The Hall–Kier alpha value is -1.20. The van der Waals surface area contributed by atoms with Crippen molar-refractivity contribution < 1.29 is 13.7 Å². The molecule has 22 heavy (non-hydrogen) atoms. The van der Waals surface area contributed by atoms with Crippen molar-refractivity contribution in [2.75, 3.05) is 13.7 Å². The van der Waals surface area contributed by atoms with Gasteiger partial charge in [-0.3, -0.25) is 0 Å². The van der Waals surface area contributed by atoms with Crippen LogP contribution in [0.5, 0.6) is 5.75 Å². The second kappa shape index (κ2) is 9.74. The van der Waals surface area contributed by atoms with Crippen molar-refractivity contribution >= 4 is 17.2 Å². The molecule has 0 unspecified atom stereocenters. The zero-order valence-corrected chi connectivity index (χ0v) is 14.8. The zero-order chi connectivity index (χ0) is 16.4. The first-order valence-electron chi connectivity index (χ1n) is 7.58. The van der Waals surface area contributed by atoms with E-state index in [1.165, 1.54) is 0 Å². The summed E-state index contributed by atoms with van der Waals surface area (Å²) in [5, 5.41) is 0. The molecule has 0 aliphatic heterocycles. The summed E-state index contributed by atoms with van der Waals surface area (Å²) in [6, 6.07) is 7.88. The Labute approximate surface area is 136 Å². The first-order chi connectivity index (χ1) is 10.4. The highest BCUT2D eigenvalue weighted by atomic mass is 32.2. The Balaban J connectivity index is 2.08. The molecule has 0 heterocycles. The highest BCUT2D eigenvalue weighted by molar-refractivity contribution is 7.85. The minimum absolute atomic E-state index is 0.280. The van der Waals surface area contributed by atoms with Crippen LogP contribution in [0.15, 0.2) is 28.7 Å². The Morgan fingerprint density at radius 1 is 1.18 bits per heavy atom. The summed E-state index contributed by atoms with van der Waals surface area (Å²) in [4.78, 5) is 0. The molecule has 0 aromatic heterocycles. The predicted molar refractivity (Wildman–Crippen MR) is 92.9 cm³/mol. The van der Waals surface area contributed by atoms with Crippen molar-refractivity contribution in [2.45, 2.75) is 51.4 Å². The summed E-state index contributed by atoms with van der Waals surface area (Å²) < 4.78 is 26.2. The van der Waals surface area contributed by atoms with E-state index in [1.54, 1.807) is 13.3 Å². The van der Waals surface area contributed by atoms with Gasteiger partial charge in [0, 0.05) is 12.8 Å². The number of hydrogen-bond donors (Lipinski definition) is 0. The molecule has 0 fully saturated rings. The summed E-state index contributed by atoms with van der Waals surface area (Å²) in [5.41, 5.74) is 1.14. The van der Waals surface area contributed by atoms with E-state index in [1.807, 2.05) is 45.0 Å². The molecule has 0 N–H and O–H groups in total. The molecule has 0 amide bonds. The quantitative estimate of drug-likeness (QED) is 0.511. The van der Waals surface area contributed by atoms with Crippen molar-refractivity contribution in [1.82, 2.24) is 0 Å². The molecule has 0 aliphatic carbocycles. The van der Waals surface area contributed by atoms with Crippen molar-refractivity contribution in [3.8, 4) is 5.75 Å². The fourth-order valence-electron chi connectivity index (χ4n) is 1.63. The minimum atomic E-state index is -1.15. The summed E-state index contributed by atoms with van der Waals surface area (Å²) in [6.45, 7) is 7.11. The van der Waals surface area contributed by atoms with E-state index >= 15 is 0 Å². The molecule has 0 spiro atoms. The maximum absolute atomic E-state index is 11.7. The van der Waals surface area contributed by atoms with Crippen molar-refractivity contribution in [2.24, 2.45) is 4.40 Å². The van der Waals surface area contributed by atoms with E-state index < -0.39 is 11.0 Å². The average Bonchev–Trinajstić information content (AvgIpc) is 2.49. The van der Waals surface area contributed by atoms with Gasteiger partial charge in [0.05, 0.1) is 18.5 Å². The van der Waals surface area contributed by atoms with Crippen molar-refractivity contribution in [3.63, 3.8) is 0 Å². The van der Waals surface area contributed by atoms with E-state index in [-0.39, 0.29) is 4.75 Å². The summed E-state index contributed by atoms with van der Waals surface area (Å²) in [5.74, 6) is 0.857. The number of unbranched alkanes of at least 4 members (excludes halogenated alkanes) is 2. The molecule has 0 saturated carbocycles. The normalized spacial score (nSPS) is 13.5. The molecular weight excluding hydrogens is 298 g/mol. The van der Waals surface area contributed by atoms with Crippen LogP contribution in [-0.2, 0) is 22.3 Å². The first-order valence-corrected chi connectivity index (χ1v) is 8.69. The van der Waals surface area contributed by atoms with E-state index in [9.17, 15) is 4.21 Å². The van der Waals surface area contributed by atoms with E-state index in [0.29, 0.717) is 6.61 Å². The third-order valence-corrected chi connectivity index (χ3v) is 4.38. The SMILES string of the molecule is COc1ccc(COCCCC/C=N/[S@@](=O)C(C)(C)C)cc1. The molecule has 1 aromatic rings. The molecule has 0 radical (unpaired) electrons. The Kier molecular flexibility index (Phi) is 8.35. The van der Waals surface area contributed by atoms with Gasteiger partial charge in [-0.2, -0.15) is 4.40 Å². The van der Waals surface area contributed by atoms with Gasteiger partial charge >= 0.3 is 0 Å². The van der Waals surface area contributed by atoms with Crippen LogP contribution in [0.25, 0.3) is 0 Å². The maximum Gasteiger partial charge on any atom is 0.144 e. The zero-order valence-electron chi connectivity index (χ0n) is 14.0. The lowest BCUT2D eigenvalue weighted by Crippen LogP contribution is -2.19. The van der Waals surface area contributed by atoms with Gasteiger partial charge < -0.3 is 9.47 Å². The van der Waals surface area contributed by atoms with Crippen LogP contribution in [0.2, 0.25) is 0 Å². The van der Waals surface area contributed by atoms with E-state index in [0.717, 1.165) is 37.2 Å². The van der Waals surface area contributed by atoms with Gasteiger partial charge in [-0.15, -0.1) is 0 Å². The van der Waals surface area contributed by atoms with Crippen LogP contribution in [0.4, 0.5) is 0 Å². The van der Waals surface area contributed by atoms with Crippen LogP contribution < -0.4 is 4.74 Å². The Morgan fingerprint density at radius 3 is 2.45 bits per heavy atom. The monoisotopic (exact) mass is 325 g/mol. The number of hydrogen-bond acceptors (Lipinski definition) is 3.